The SMILES string of the molecule is Cc1ccc(NS(=O)(=O)c2ccc(CO)cc2Br)cn1. The molecule has 106 valence electrons. The van der Waals surface area contributed by atoms with Crippen molar-refractivity contribution in [1.29, 1.82) is 0 Å². The predicted octanol–water partition coefficient (Wildman–Crippen LogP) is 2.45. The lowest BCUT2D eigenvalue weighted by Gasteiger charge is -2.10. The van der Waals surface area contributed by atoms with Crippen LogP contribution in [0.2, 0.25) is 0 Å². The molecule has 0 amide bonds. The number of anilines is 1. The van der Waals surface area contributed by atoms with E-state index in [0.717, 1.165) is 5.69 Å². The Morgan fingerprint density at radius 2 is 2.05 bits per heavy atom. The first-order chi connectivity index (χ1) is 9.42. The van der Waals surface area contributed by atoms with Crippen LogP contribution in [0.25, 0.3) is 0 Å². The number of nitrogens with zero attached hydrogens (tertiary/aromatic N) is 1. The molecule has 0 spiro atoms. The number of aliphatic hydroxyl groups excluding tert-OH is 1. The lowest BCUT2D eigenvalue weighted by Crippen LogP contribution is -2.14. The first-order valence-electron chi connectivity index (χ1n) is 5.77. The molecule has 5 nitrogen and oxygen atoms in total. The van der Waals surface area contributed by atoms with Gasteiger partial charge in [0.2, 0.25) is 0 Å². The van der Waals surface area contributed by atoms with E-state index in [4.69, 9.17) is 5.11 Å². The second-order valence-electron chi connectivity index (χ2n) is 4.22. The Morgan fingerprint density at radius 1 is 1.30 bits per heavy atom. The molecule has 2 aromatic rings. The summed E-state index contributed by atoms with van der Waals surface area (Å²) in [7, 11) is -3.70. The number of pyridine rings is 1. The number of benzene rings is 1. The van der Waals surface area contributed by atoms with Crippen LogP contribution < -0.4 is 4.72 Å². The maximum absolute atomic E-state index is 12.3. The van der Waals surface area contributed by atoms with Gasteiger partial charge >= 0.3 is 0 Å². The number of aryl methyl sites for hydroxylation is 1. The second kappa shape index (κ2) is 5.90. The third kappa shape index (κ3) is 3.36. The van der Waals surface area contributed by atoms with E-state index in [0.29, 0.717) is 15.7 Å². The van der Waals surface area contributed by atoms with Crippen molar-refractivity contribution in [1.82, 2.24) is 4.98 Å². The van der Waals surface area contributed by atoms with Crippen molar-refractivity contribution < 1.29 is 13.5 Å². The fourth-order valence-corrected chi connectivity index (χ4v) is 3.77. The number of aromatic nitrogens is 1. The Bertz CT molecular complexity index is 715. The minimum atomic E-state index is -3.70. The molecule has 1 aromatic heterocycles. The monoisotopic (exact) mass is 356 g/mol. The van der Waals surface area contributed by atoms with Crippen molar-refractivity contribution in [3.8, 4) is 0 Å². The number of halogens is 1. The van der Waals surface area contributed by atoms with Crippen LogP contribution in [0, 0.1) is 6.92 Å². The third-order valence-corrected chi connectivity index (χ3v) is 4.99. The van der Waals surface area contributed by atoms with Gasteiger partial charge in [-0.25, -0.2) is 8.42 Å². The van der Waals surface area contributed by atoms with Crippen molar-refractivity contribution in [3.63, 3.8) is 0 Å². The highest BCUT2D eigenvalue weighted by molar-refractivity contribution is 9.10. The number of rotatable bonds is 4. The van der Waals surface area contributed by atoms with Crippen LogP contribution >= 0.6 is 15.9 Å². The molecule has 1 aromatic carbocycles. The zero-order valence-electron chi connectivity index (χ0n) is 10.7. The summed E-state index contributed by atoms with van der Waals surface area (Å²) < 4.78 is 27.4. The van der Waals surface area contributed by atoms with E-state index >= 15 is 0 Å². The molecular weight excluding hydrogens is 344 g/mol. The van der Waals surface area contributed by atoms with Gasteiger partial charge in [-0.3, -0.25) is 9.71 Å². The Morgan fingerprint density at radius 3 is 2.60 bits per heavy atom. The predicted molar refractivity (Wildman–Crippen MR) is 79.8 cm³/mol. The molecule has 20 heavy (non-hydrogen) atoms. The molecule has 0 unspecified atom stereocenters. The number of nitrogens with one attached hydrogen (secondary N) is 1. The maximum atomic E-state index is 12.3. The number of hydrogen-bond acceptors (Lipinski definition) is 4. The second-order valence-corrected chi connectivity index (χ2v) is 6.72. The molecular formula is C13H13BrN2O3S. The van der Waals surface area contributed by atoms with Crippen LogP contribution in [0.1, 0.15) is 11.3 Å². The normalized spacial score (nSPS) is 11.3. The zero-order chi connectivity index (χ0) is 14.8. The van der Waals surface area contributed by atoms with Gasteiger partial charge in [0.05, 0.1) is 18.5 Å². The number of hydrogen-bond donors (Lipinski definition) is 2. The van der Waals surface area contributed by atoms with Crippen molar-refractivity contribution >= 4 is 31.6 Å². The summed E-state index contributed by atoms with van der Waals surface area (Å²) in [5, 5.41) is 9.02. The Labute approximate surface area is 125 Å². The van der Waals surface area contributed by atoms with E-state index in [1.165, 1.54) is 12.3 Å². The molecule has 2 rings (SSSR count). The molecule has 0 atom stereocenters. The summed E-state index contributed by atoms with van der Waals surface area (Å²) in [5.74, 6) is 0. The van der Waals surface area contributed by atoms with Crippen LogP contribution in [0.5, 0.6) is 0 Å². The van der Waals surface area contributed by atoms with E-state index < -0.39 is 10.0 Å². The van der Waals surface area contributed by atoms with Crippen molar-refractivity contribution in [3.05, 3.63) is 52.3 Å². The summed E-state index contributed by atoms with van der Waals surface area (Å²) in [6, 6.07) is 7.95. The minimum absolute atomic E-state index is 0.107. The molecule has 0 saturated heterocycles. The topological polar surface area (TPSA) is 79.3 Å². The first kappa shape index (κ1) is 15.0. The van der Waals surface area contributed by atoms with Gasteiger partial charge in [0.1, 0.15) is 4.90 Å². The fraction of sp³-hybridized carbons (Fsp3) is 0.154. The highest BCUT2D eigenvalue weighted by Gasteiger charge is 2.18. The average Bonchev–Trinajstić information content (AvgIpc) is 2.40. The Kier molecular flexibility index (Phi) is 4.42. The van der Waals surface area contributed by atoms with Gasteiger partial charge in [-0.05, 0) is 52.7 Å². The summed E-state index contributed by atoms with van der Waals surface area (Å²) >= 11 is 3.20. The largest absolute Gasteiger partial charge is 0.392 e. The molecule has 1 heterocycles. The summed E-state index contributed by atoms with van der Waals surface area (Å²) in [4.78, 5) is 4.14. The van der Waals surface area contributed by atoms with Crippen LogP contribution in [-0.2, 0) is 16.6 Å². The zero-order valence-corrected chi connectivity index (χ0v) is 13.1. The van der Waals surface area contributed by atoms with E-state index in [1.54, 1.807) is 24.3 Å². The standard InChI is InChI=1S/C13H13BrN2O3S/c1-9-2-4-11(7-15-9)16-20(18,19)13-5-3-10(8-17)6-12(13)14/h2-7,16-17H,8H2,1H3. The molecule has 0 saturated carbocycles. The van der Waals surface area contributed by atoms with E-state index in [-0.39, 0.29) is 11.5 Å². The molecule has 7 heteroatoms. The summed E-state index contributed by atoms with van der Waals surface area (Å²) in [5.41, 5.74) is 1.84. The minimum Gasteiger partial charge on any atom is -0.392 e. The lowest BCUT2D eigenvalue weighted by molar-refractivity contribution is 0.281. The lowest BCUT2D eigenvalue weighted by atomic mass is 10.2. The van der Waals surface area contributed by atoms with Crippen LogP contribution in [0.3, 0.4) is 0 Å². The average molecular weight is 357 g/mol. The fourth-order valence-electron chi connectivity index (χ4n) is 1.60. The van der Waals surface area contributed by atoms with Crippen molar-refractivity contribution in [2.75, 3.05) is 4.72 Å². The molecule has 0 aliphatic carbocycles. The van der Waals surface area contributed by atoms with Crippen molar-refractivity contribution in [2.45, 2.75) is 18.4 Å². The Hall–Kier alpha value is -1.44. The van der Waals surface area contributed by atoms with Gasteiger partial charge in [0, 0.05) is 10.2 Å². The third-order valence-electron chi connectivity index (χ3n) is 2.63. The maximum Gasteiger partial charge on any atom is 0.263 e. The molecule has 2 N–H and O–H groups in total. The number of aliphatic hydroxyl groups is 1. The molecule has 0 aliphatic rings. The highest BCUT2D eigenvalue weighted by Crippen LogP contribution is 2.25. The summed E-state index contributed by atoms with van der Waals surface area (Å²) in [6.07, 6.45) is 1.46. The van der Waals surface area contributed by atoms with E-state index in [2.05, 4.69) is 25.6 Å². The van der Waals surface area contributed by atoms with Gasteiger partial charge < -0.3 is 5.11 Å². The van der Waals surface area contributed by atoms with Crippen LogP contribution in [0.4, 0.5) is 5.69 Å². The quantitative estimate of drug-likeness (QED) is 0.881. The number of sulfonamides is 1. The summed E-state index contributed by atoms with van der Waals surface area (Å²) in [6.45, 7) is 1.68. The van der Waals surface area contributed by atoms with Crippen LogP contribution in [0.15, 0.2) is 45.9 Å². The van der Waals surface area contributed by atoms with Gasteiger partial charge in [0.15, 0.2) is 0 Å². The molecule has 0 bridgehead atoms. The smallest absolute Gasteiger partial charge is 0.263 e. The van der Waals surface area contributed by atoms with Gasteiger partial charge in [-0.2, -0.15) is 0 Å². The van der Waals surface area contributed by atoms with E-state index in [9.17, 15) is 8.42 Å². The first-order valence-corrected chi connectivity index (χ1v) is 8.05. The van der Waals surface area contributed by atoms with Gasteiger partial charge in [0.25, 0.3) is 10.0 Å². The van der Waals surface area contributed by atoms with Crippen LogP contribution in [-0.4, -0.2) is 18.5 Å². The van der Waals surface area contributed by atoms with Crippen molar-refractivity contribution in [2.24, 2.45) is 0 Å². The Balaban J connectivity index is 2.33. The molecule has 0 aliphatic heterocycles. The van der Waals surface area contributed by atoms with Gasteiger partial charge in [-0.15, -0.1) is 0 Å². The van der Waals surface area contributed by atoms with Gasteiger partial charge in [-0.1, -0.05) is 6.07 Å². The molecule has 0 fully saturated rings. The van der Waals surface area contributed by atoms with E-state index in [1.807, 2.05) is 6.92 Å². The molecule has 0 radical (unpaired) electrons. The highest BCUT2D eigenvalue weighted by atomic mass is 79.9.